The average Bonchev–Trinajstić information content (AvgIpc) is 2.69. The van der Waals surface area contributed by atoms with Crippen molar-refractivity contribution in [3.8, 4) is 0 Å². The largest absolute Gasteiger partial charge is 0.378 e. The molecule has 2 aromatic carbocycles. The van der Waals surface area contributed by atoms with Gasteiger partial charge >= 0.3 is 0 Å². The molecule has 1 fully saturated rings. The molecule has 2 aliphatic rings. The summed E-state index contributed by atoms with van der Waals surface area (Å²) < 4.78 is 5.43. The number of nitrogens with one attached hydrogen (secondary N) is 1. The van der Waals surface area contributed by atoms with E-state index < -0.39 is 0 Å². The number of morpholine rings is 1. The second kappa shape index (κ2) is 7.61. The monoisotopic (exact) mass is 365 g/mol. The zero-order chi connectivity index (χ0) is 18.8. The lowest BCUT2D eigenvalue weighted by Crippen LogP contribution is -2.43. The Bertz CT molecular complexity index is 799. The number of rotatable bonds is 3. The maximum Gasteiger partial charge on any atom is 0.224 e. The molecular formula is C22H27N3O2. The fraction of sp³-hybridized carbons (Fsp3) is 0.409. The van der Waals surface area contributed by atoms with Gasteiger partial charge in [-0.3, -0.25) is 4.79 Å². The fourth-order valence-corrected chi connectivity index (χ4v) is 4.22. The molecule has 27 heavy (non-hydrogen) atoms. The Balaban J connectivity index is 1.53. The Kier molecular flexibility index (Phi) is 5.03. The number of anilines is 3. The van der Waals surface area contributed by atoms with Gasteiger partial charge in [-0.05, 0) is 49.2 Å². The lowest BCUT2D eigenvalue weighted by atomic mass is 9.91. The van der Waals surface area contributed by atoms with Crippen LogP contribution in [-0.2, 0) is 9.53 Å². The van der Waals surface area contributed by atoms with Crippen LogP contribution in [0.4, 0.5) is 17.1 Å². The standard InChI is InChI=1S/C22H27N3O2/c1-16-15-21(20-5-3-4-6-22(20)25(16)17(2)26)23-18-7-9-19(10-8-18)24-11-13-27-14-12-24/h3-10,16,21,23H,11-15H2,1-2H3. The predicted octanol–water partition coefficient (Wildman–Crippen LogP) is 3.82. The second-order valence-electron chi connectivity index (χ2n) is 7.38. The van der Waals surface area contributed by atoms with Gasteiger partial charge in [0.2, 0.25) is 5.91 Å². The van der Waals surface area contributed by atoms with Crippen LogP contribution in [0.3, 0.4) is 0 Å². The van der Waals surface area contributed by atoms with Crippen LogP contribution in [0.2, 0.25) is 0 Å². The van der Waals surface area contributed by atoms with Crippen molar-refractivity contribution in [3.63, 3.8) is 0 Å². The third kappa shape index (κ3) is 3.65. The van der Waals surface area contributed by atoms with Crippen LogP contribution < -0.4 is 15.1 Å². The molecule has 4 rings (SSSR count). The van der Waals surface area contributed by atoms with Gasteiger partial charge in [0.05, 0.1) is 19.3 Å². The highest BCUT2D eigenvalue weighted by molar-refractivity contribution is 5.93. The average molecular weight is 365 g/mol. The van der Waals surface area contributed by atoms with Gasteiger partial charge in [0.1, 0.15) is 0 Å². The van der Waals surface area contributed by atoms with Crippen molar-refractivity contribution in [3.05, 3.63) is 54.1 Å². The first kappa shape index (κ1) is 17.9. The van der Waals surface area contributed by atoms with Crippen molar-refractivity contribution < 1.29 is 9.53 Å². The van der Waals surface area contributed by atoms with E-state index in [-0.39, 0.29) is 18.0 Å². The third-order valence-electron chi connectivity index (χ3n) is 5.51. The van der Waals surface area contributed by atoms with E-state index in [1.807, 2.05) is 23.1 Å². The van der Waals surface area contributed by atoms with E-state index in [4.69, 9.17) is 4.74 Å². The molecule has 5 heteroatoms. The maximum absolute atomic E-state index is 12.1. The molecule has 2 unspecified atom stereocenters. The first-order chi connectivity index (χ1) is 13.1. The van der Waals surface area contributed by atoms with Gasteiger partial charge in [0.25, 0.3) is 0 Å². The summed E-state index contributed by atoms with van der Waals surface area (Å²) >= 11 is 0. The summed E-state index contributed by atoms with van der Waals surface area (Å²) in [5, 5.41) is 3.68. The number of para-hydroxylation sites is 1. The van der Waals surface area contributed by atoms with Crippen LogP contribution in [0.1, 0.15) is 31.9 Å². The molecule has 0 aliphatic carbocycles. The summed E-state index contributed by atoms with van der Waals surface area (Å²) in [6.07, 6.45) is 0.891. The number of benzene rings is 2. The number of nitrogens with zero attached hydrogens (tertiary/aromatic N) is 2. The van der Waals surface area contributed by atoms with Crippen molar-refractivity contribution in [2.75, 3.05) is 41.4 Å². The molecule has 0 saturated carbocycles. The number of ether oxygens (including phenoxy) is 1. The van der Waals surface area contributed by atoms with E-state index in [2.05, 4.69) is 47.5 Å². The maximum atomic E-state index is 12.1. The van der Waals surface area contributed by atoms with Crippen LogP contribution >= 0.6 is 0 Å². The Labute approximate surface area is 160 Å². The Morgan fingerprint density at radius 3 is 2.48 bits per heavy atom. The number of carbonyl (C=O) groups excluding carboxylic acids is 1. The molecule has 0 spiro atoms. The van der Waals surface area contributed by atoms with E-state index in [0.717, 1.165) is 44.1 Å². The van der Waals surface area contributed by atoms with E-state index in [9.17, 15) is 4.79 Å². The summed E-state index contributed by atoms with van der Waals surface area (Å²) in [7, 11) is 0. The molecule has 2 heterocycles. The zero-order valence-corrected chi connectivity index (χ0v) is 16.0. The van der Waals surface area contributed by atoms with Crippen molar-refractivity contribution in [2.45, 2.75) is 32.4 Å². The quantitative estimate of drug-likeness (QED) is 0.898. The normalized spacial score (nSPS) is 22.3. The molecule has 1 N–H and O–H groups in total. The number of hydrogen-bond acceptors (Lipinski definition) is 4. The summed E-state index contributed by atoms with van der Waals surface area (Å²) in [6, 6.07) is 17.2. The van der Waals surface area contributed by atoms with Crippen LogP contribution in [0.25, 0.3) is 0 Å². The van der Waals surface area contributed by atoms with Gasteiger partial charge in [-0.25, -0.2) is 0 Å². The van der Waals surface area contributed by atoms with Crippen molar-refractivity contribution >= 4 is 23.0 Å². The molecule has 142 valence electrons. The Hall–Kier alpha value is -2.53. The van der Waals surface area contributed by atoms with Crippen LogP contribution in [0.5, 0.6) is 0 Å². The minimum absolute atomic E-state index is 0.100. The van der Waals surface area contributed by atoms with Crippen LogP contribution in [0.15, 0.2) is 48.5 Å². The zero-order valence-electron chi connectivity index (χ0n) is 16.0. The molecule has 0 radical (unpaired) electrons. The van der Waals surface area contributed by atoms with Crippen molar-refractivity contribution in [1.82, 2.24) is 0 Å². The van der Waals surface area contributed by atoms with Gasteiger partial charge in [0.15, 0.2) is 0 Å². The van der Waals surface area contributed by atoms with E-state index in [1.165, 1.54) is 11.3 Å². The van der Waals surface area contributed by atoms with Gasteiger partial charge in [-0.15, -0.1) is 0 Å². The topological polar surface area (TPSA) is 44.8 Å². The van der Waals surface area contributed by atoms with Crippen molar-refractivity contribution in [2.24, 2.45) is 0 Å². The molecule has 0 bridgehead atoms. The molecule has 0 aromatic heterocycles. The first-order valence-corrected chi connectivity index (χ1v) is 9.71. The molecular weight excluding hydrogens is 338 g/mol. The van der Waals surface area contributed by atoms with Gasteiger partial charge in [0, 0.05) is 43.1 Å². The minimum atomic E-state index is 0.100. The highest BCUT2D eigenvalue weighted by atomic mass is 16.5. The molecule has 5 nitrogen and oxygen atoms in total. The lowest BCUT2D eigenvalue weighted by molar-refractivity contribution is -0.117. The third-order valence-corrected chi connectivity index (χ3v) is 5.51. The number of fused-ring (bicyclic) bond motifs is 1. The lowest BCUT2D eigenvalue weighted by Gasteiger charge is -2.39. The first-order valence-electron chi connectivity index (χ1n) is 9.71. The highest BCUT2D eigenvalue weighted by Crippen LogP contribution is 2.39. The number of amides is 1. The molecule has 2 atom stereocenters. The van der Waals surface area contributed by atoms with Gasteiger partial charge in [-0.1, -0.05) is 18.2 Å². The van der Waals surface area contributed by atoms with E-state index in [0.29, 0.717) is 0 Å². The SMILES string of the molecule is CC(=O)N1c2ccccc2C(Nc2ccc(N3CCOCC3)cc2)CC1C. The fourth-order valence-electron chi connectivity index (χ4n) is 4.22. The Morgan fingerprint density at radius 2 is 1.78 bits per heavy atom. The predicted molar refractivity (Wildman–Crippen MR) is 110 cm³/mol. The smallest absolute Gasteiger partial charge is 0.224 e. The molecule has 1 saturated heterocycles. The molecule has 1 amide bonds. The van der Waals surface area contributed by atoms with Gasteiger partial charge in [-0.2, -0.15) is 0 Å². The summed E-state index contributed by atoms with van der Waals surface area (Å²) in [5.74, 6) is 0.100. The second-order valence-corrected chi connectivity index (χ2v) is 7.38. The summed E-state index contributed by atoms with van der Waals surface area (Å²) in [5.41, 5.74) is 4.55. The molecule has 2 aromatic rings. The summed E-state index contributed by atoms with van der Waals surface area (Å²) in [6.45, 7) is 7.24. The Morgan fingerprint density at radius 1 is 1.07 bits per heavy atom. The highest BCUT2D eigenvalue weighted by Gasteiger charge is 2.32. The van der Waals surface area contributed by atoms with Crippen LogP contribution in [0, 0.1) is 0 Å². The minimum Gasteiger partial charge on any atom is -0.378 e. The summed E-state index contributed by atoms with van der Waals surface area (Å²) in [4.78, 5) is 16.4. The molecule has 2 aliphatic heterocycles. The van der Waals surface area contributed by atoms with Crippen LogP contribution in [-0.4, -0.2) is 38.3 Å². The van der Waals surface area contributed by atoms with Gasteiger partial charge < -0.3 is 19.9 Å². The number of carbonyl (C=O) groups is 1. The van der Waals surface area contributed by atoms with Crippen molar-refractivity contribution in [1.29, 1.82) is 0 Å². The van der Waals surface area contributed by atoms with E-state index in [1.54, 1.807) is 6.92 Å². The van der Waals surface area contributed by atoms with E-state index >= 15 is 0 Å². The number of hydrogen-bond donors (Lipinski definition) is 1.